The summed E-state index contributed by atoms with van der Waals surface area (Å²) >= 11 is 3.41. The average molecular weight is 328 g/mol. The Morgan fingerprint density at radius 1 is 1.42 bits per heavy atom. The van der Waals surface area contributed by atoms with Gasteiger partial charge in [-0.05, 0) is 56.3 Å². The highest BCUT2D eigenvalue weighted by Crippen LogP contribution is 2.29. The van der Waals surface area contributed by atoms with E-state index >= 15 is 0 Å². The van der Waals surface area contributed by atoms with Gasteiger partial charge in [-0.1, -0.05) is 35.7 Å². The number of rotatable bonds is 4. The van der Waals surface area contributed by atoms with E-state index in [-0.39, 0.29) is 11.9 Å². The van der Waals surface area contributed by atoms with E-state index in [1.165, 1.54) is 31.7 Å². The Balaban J connectivity index is 1.90. The Morgan fingerprint density at radius 3 is 2.95 bits per heavy atom. The summed E-state index contributed by atoms with van der Waals surface area (Å²) in [5, 5.41) is 3.50. The summed E-state index contributed by atoms with van der Waals surface area (Å²) in [4.78, 5) is 0. The van der Waals surface area contributed by atoms with Crippen LogP contribution in [0.3, 0.4) is 0 Å². The fraction of sp³-hybridized carbons (Fsp3) is 0.625. The molecule has 0 saturated heterocycles. The summed E-state index contributed by atoms with van der Waals surface area (Å²) in [6.07, 6.45) is 5.32. The van der Waals surface area contributed by atoms with Gasteiger partial charge in [-0.15, -0.1) is 0 Å². The molecule has 1 nitrogen and oxygen atoms in total. The largest absolute Gasteiger partial charge is 0.310 e. The van der Waals surface area contributed by atoms with Crippen molar-refractivity contribution in [1.29, 1.82) is 0 Å². The van der Waals surface area contributed by atoms with Crippen molar-refractivity contribution in [1.82, 2.24) is 5.32 Å². The molecule has 1 aromatic rings. The Bertz CT molecular complexity index is 421. The fourth-order valence-corrected chi connectivity index (χ4v) is 3.42. The highest BCUT2D eigenvalue weighted by Gasteiger charge is 2.20. The van der Waals surface area contributed by atoms with Crippen LogP contribution in [0, 0.1) is 17.7 Å². The topological polar surface area (TPSA) is 12.0 Å². The van der Waals surface area contributed by atoms with Crippen LogP contribution in [-0.4, -0.2) is 6.54 Å². The number of halogens is 2. The third kappa shape index (κ3) is 4.28. The second-order valence-corrected chi connectivity index (χ2v) is 6.85. The summed E-state index contributed by atoms with van der Waals surface area (Å²) < 4.78 is 14.7. The molecule has 2 rings (SSSR count). The van der Waals surface area contributed by atoms with E-state index in [9.17, 15) is 4.39 Å². The van der Waals surface area contributed by atoms with Crippen LogP contribution in [0.4, 0.5) is 4.39 Å². The number of benzene rings is 1. The van der Waals surface area contributed by atoms with Crippen molar-refractivity contribution in [3.8, 4) is 0 Å². The third-order valence-corrected chi connectivity index (χ3v) is 4.68. The van der Waals surface area contributed by atoms with E-state index in [1.807, 2.05) is 13.0 Å². The Labute approximate surface area is 124 Å². The summed E-state index contributed by atoms with van der Waals surface area (Å²) in [6.45, 7) is 5.37. The highest BCUT2D eigenvalue weighted by molar-refractivity contribution is 9.10. The molecule has 0 aromatic heterocycles. The van der Waals surface area contributed by atoms with E-state index < -0.39 is 0 Å². The molecule has 0 radical (unpaired) electrons. The van der Waals surface area contributed by atoms with E-state index in [4.69, 9.17) is 0 Å². The van der Waals surface area contributed by atoms with E-state index in [2.05, 4.69) is 28.2 Å². The molecule has 0 spiro atoms. The lowest BCUT2D eigenvalue weighted by Crippen LogP contribution is -2.29. The molecule has 0 heterocycles. The Morgan fingerprint density at radius 2 is 2.21 bits per heavy atom. The first-order chi connectivity index (χ1) is 9.06. The van der Waals surface area contributed by atoms with Crippen LogP contribution in [0.2, 0.25) is 0 Å². The summed E-state index contributed by atoms with van der Waals surface area (Å²) in [5.74, 6) is 1.47. The molecule has 3 unspecified atom stereocenters. The zero-order chi connectivity index (χ0) is 13.8. The molecule has 0 bridgehead atoms. The van der Waals surface area contributed by atoms with Crippen molar-refractivity contribution < 1.29 is 4.39 Å². The van der Waals surface area contributed by atoms with Gasteiger partial charge in [0.2, 0.25) is 0 Å². The standard InChI is InChI=1S/C16H23BrFN/c1-11-4-3-5-13(8-11)10-19-12(2)15-9-14(17)6-7-16(15)18/h6-7,9,11-13,19H,3-5,8,10H2,1-2H3. The first-order valence-corrected chi connectivity index (χ1v) is 8.04. The van der Waals surface area contributed by atoms with Gasteiger partial charge >= 0.3 is 0 Å². The summed E-state index contributed by atoms with van der Waals surface area (Å²) in [6, 6.07) is 5.21. The SMILES string of the molecule is CC1CCCC(CNC(C)c2cc(Br)ccc2F)C1. The number of hydrogen-bond acceptors (Lipinski definition) is 1. The second kappa shape index (κ2) is 6.85. The second-order valence-electron chi connectivity index (χ2n) is 5.93. The molecule has 1 aliphatic rings. The molecular weight excluding hydrogens is 305 g/mol. The first-order valence-electron chi connectivity index (χ1n) is 7.24. The van der Waals surface area contributed by atoms with Crippen molar-refractivity contribution in [3.05, 3.63) is 34.1 Å². The zero-order valence-corrected chi connectivity index (χ0v) is 13.3. The van der Waals surface area contributed by atoms with Gasteiger partial charge in [0.15, 0.2) is 0 Å². The van der Waals surface area contributed by atoms with Gasteiger partial charge in [-0.25, -0.2) is 4.39 Å². The van der Waals surface area contributed by atoms with Gasteiger partial charge < -0.3 is 5.32 Å². The molecular formula is C16H23BrFN. The zero-order valence-electron chi connectivity index (χ0n) is 11.8. The number of hydrogen-bond donors (Lipinski definition) is 1. The van der Waals surface area contributed by atoms with Crippen LogP contribution >= 0.6 is 15.9 Å². The van der Waals surface area contributed by atoms with E-state index in [1.54, 1.807) is 6.07 Å². The average Bonchev–Trinajstić information content (AvgIpc) is 2.39. The highest BCUT2D eigenvalue weighted by atomic mass is 79.9. The van der Waals surface area contributed by atoms with Gasteiger partial charge in [0.05, 0.1) is 0 Å². The van der Waals surface area contributed by atoms with Crippen LogP contribution in [0.25, 0.3) is 0 Å². The maximum absolute atomic E-state index is 13.8. The molecule has 1 fully saturated rings. The van der Waals surface area contributed by atoms with Crippen LogP contribution in [0.15, 0.2) is 22.7 Å². The fourth-order valence-electron chi connectivity index (χ4n) is 3.04. The summed E-state index contributed by atoms with van der Waals surface area (Å²) in [5.41, 5.74) is 0.748. The normalized spacial score (nSPS) is 25.3. The number of nitrogens with one attached hydrogen (secondary N) is 1. The van der Waals surface area contributed by atoms with Crippen molar-refractivity contribution in [2.75, 3.05) is 6.54 Å². The molecule has 0 aliphatic heterocycles. The minimum atomic E-state index is -0.125. The molecule has 19 heavy (non-hydrogen) atoms. The Kier molecular flexibility index (Phi) is 5.40. The minimum Gasteiger partial charge on any atom is -0.310 e. The smallest absolute Gasteiger partial charge is 0.128 e. The van der Waals surface area contributed by atoms with Crippen LogP contribution < -0.4 is 5.32 Å². The lowest BCUT2D eigenvalue weighted by atomic mass is 9.82. The molecule has 1 N–H and O–H groups in total. The first kappa shape index (κ1) is 15.0. The van der Waals surface area contributed by atoms with Gasteiger partial charge in [0, 0.05) is 16.1 Å². The van der Waals surface area contributed by atoms with Crippen LogP contribution in [0.1, 0.15) is 51.1 Å². The molecule has 3 heteroatoms. The molecule has 0 amide bonds. The van der Waals surface area contributed by atoms with E-state index in [0.29, 0.717) is 0 Å². The molecule has 3 atom stereocenters. The third-order valence-electron chi connectivity index (χ3n) is 4.18. The van der Waals surface area contributed by atoms with Crippen molar-refractivity contribution >= 4 is 15.9 Å². The van der Waals surface area contributed by atoms with Crippen molar-refractivity contribution in [2.24, 2.45) is 11.8 Å². The van der Waals surface area contributed by atoms with Crippen molar-refractivity contribution in [3.63, 3.8) is 0 Å². The van der Waals surface area contributed by atoms with Gasteiger partial charge in [0.25, 0.3) is 0 Å². The minimum absolute atomic E-state index is 0.0646. The predicted octanol–water partition coefficient (Wildman–Crippen LogP) is 5.07. The lowest BCUT2D eigenvalue weighted by Gasteiger charge is -2.28. The monoisotopic (exact) mass is 327 g/mol. The maximum atomic E-state index is 13.8. The molecule has 1 saturated carbocycles. The Hall–Kier alpha value is -0.410. The summed E-state index contributed by atoms with van der Waals surface area (Å²) in [7, 11) is 0. The van der Waals surface area contributed by atoms with E-state index in [0.717, 1.165) is 28.4 Å². The van der Waals surface area contributed by atoms with Gasteiger partial charge in [-0.2, -0.15) is 0 Å². The van der Waals surface area contributed by atoms with Crippen molar-refractivity contribution in [2.45, 2.75) is 45.6 Å². The quantitative estimate of drug-likeness (QED) is 0.814. The molecule has 1 aliphatic carbocycles. The van der Waals surface area contributed by atoms with Crippen LogP contribution in [0.5, 0.6) is 0 Å². The maximum Gasteiger partial charge on any atom is 0.128 e. The molecule has 106 valence electrons. The lowest BCUT2D eigenvalue weighted by molar-refractivity contribution is 0.268. The van der Waals surface area contributed by atoms with Gasteiger partial charge in [0.1, 0.15) is 5.82 Å². The van der Waals surface area contributed by atoms with Gasteiger partial charge in [-0.3, -0.25) is 0 Å². The van der Waals surface area contributed by atoms with Crippen LogP contribution in [-0.2, 0) is 0 Å². The molecule has 1 aromatic carbocycles. The predicted molar refractivity (Wildman–Crippen MR) is 81.6 cm³/mol.